The van der Waals surface area contributed by atoms with Gasteiger partial charge in [-0.3, -0.25) is 0 Å². The van der Waals surface area contributed by atoms with Crippen molar-refractivity contribution < 1.29 is 0 Å². The standard InChI is InChI=1S/C8H17N/c1-4-5-6-8(3)7(2)9-8/h7,9H,4-6H2,1-3H3/t7-,8-/m1/s1. The second kappa shape index (κ2) is 2.30. The van der Waals surface area contributed by atoms with Crippen LogP contribution in [0, 0.1) is 0 Å². The fourth-order valence-electron chi connectivity index (χ4n) is 1.29. The Hall–Kier alpha value is -0.0400. The summed E-state index contributed by atoms with van der Waals surface area (Å²) in [5.74, 6) is 0. The van der Waals surface area contributed by atoms with Crippen LogP contribution in [0.3, 0.4) is 0 Å². The third-order valence-electron chi connectivity index (χ3n) is 2.47. The van der Waals surface area contributed by atoms with E-state index in [0.29, 0.717) is 5.54 Å². The van der Waals surface area contributed by atoms with Crippen molar-refractivity contribution in [3.63, 3.8) is 0 Å². The van der Waals surface area contributed by atoms with Gasteiger partial charge < -0.3 is 5.32 Å². The van der Waals surface area contributed by atoms with E-state index in [-0.39, 0.29) is 0 Å². The molecule has 0 radical (unpaired) electrons. The van der Waals surface area contributed by atoms with E-state index in [4.69, 9.17) is 0 Å². The molecule has 9 heavy (non-hydrogen) atoms. The highest BCUT2D eigenvalue weighted by Gasteiger charge is 2.44. The maximum absolute atomic E-state index is 3.44. The van der Waals surface area contributed by atoms with Gasteiger partial charge in [0.05, 0.1) is 0 Å². The molecule has 0 unspecified atom stereocenters. The lowest BCUT2D eigenvalue weighted by Gasteiger charge is -2.04. The van der Waals surface area contributed by atoms with Gasteiger partial charge in [-0.1, -0.05) is 19.8 Å². The molecule has 1 heteroatoms. The second-order valence-corrected chi connectivity index (χ2v) is 3.39. The summed E-state index contributed by atoms with van der Waals surface area (Å²) in [6, 6.07) is 0.768. The van der Waals surface area contributed by atoms with Gasteiger partial charge in [-0.25, -0.2) is 0 Å². The number of nitrogens with one attached hydrogen (secondary N) is 1. The van der Waals surface area contributed by atoms with E-state index in [0.717, 1.165) is 6.04 Å². The molecule has 0 saturated carbocycles. The maximum atomic E-state index is 3.44. The SMILES string of the molecule is CCCC[C@@]1(C)N[C@@H]1C. The van der Waals surface area contributed by atoms with Crippen molar-refractivity contribution in [2.75, 3.05) is 0 Å². The topological polar surface area (TPSA) is 21.9 Å². The molecule has 1 saturated heterocycles. The molecule has 1 aliphatic rings. The molecule has 0 aliphatic carbocycles. The Morgan fingerprint density at radius 1 is 1.56 bits per heavy atom. The highest BCUT2D eigenvalue weighted by Crippen LogP contribution is 2.30. The Labute approximate surface area is 57.8 Å². The van der Waals surface area contributed by atoms with E-state index in [9.17, 15) is 0 Å². The van der Waals surface area contributed by atoms with E-state index in [2.05, 4.69) is 26.1 Å². The van der Waals surface area contributed by atoms with Crippen LogP contribution >= 0.6 is 0 Å². The summed E-state index contributed by atoms with van der Waals surface area (Å²) in [7, 11) is 0. The van der Waals surface area contributed by atoms with E-state index >= 15 is 0 Å². The fraction of sp³-hybridized carbons (Fsp3) is 1.00. The lowest BCUT2D eigenvalue weighted by molar-refractivity contribution is 0.567. The lowest BCUT2D eigenvalue weighted by Crippen LogP contribution is -2.09. The van der Waals surface area contributed by atoms with Crippen molar-refractivity contribution in [2.24, 2.45) is 0 Å². The Morgan fingerprint density at radius 2 is 2.11 bits per heavy atom. The minimum atomic E-state index is 0.510. The molecule has 0 aromatic heterocycles. The molecule has 0 amide bonds. The molecule has 2 atom stereocenters. The number of rotatable bonds is 3. The maximum Gasteiger partial charge on any atom is 0.0307 e. The van der Waals surface area contributed by atoms with E-state index < -0.39 is 0 Å². The Kier molecular flexibility index (Phi) is 1.80. The first-order valence-corrected chi connectivity index (χ1v) is 3.97. The molecule has 1 aliphatic heterocycles. The third kappa shape index (κ3) is 1.45. The molecule has 54 valence electrons. The zero-order valence-corrected chi connectivity index (χ0v) is 6.70. The highest BCUT2D eigenvalue weighted by atomic mass is 15.2. The summed E-state index contributed by atoms with van der Waals surface area (Å²) < 4.78 is 0. The molecular weight excluding hydrogens is 110 g/mol. The van der Waals surface area contributed by atoms with Crippen molar-refractivity contribution in [3.8, 4) is 0 Å². The Balaban J connectivity index is 2.13. The first kappa shape index (κ1) is 7.07. The predicted octanol–water partition coefficient (Wildman–Crippen LogP) is 1.93. The monoisotopic (exact) mass is 127 g/mol. The first-order valence-electron chi connectivity index (χ1n) is 3.97. The zero-order chi connectivity index (χ0) is 6.91. The minimum absolute atomic E-state index is 0.510. The van der Waals surface area contributed by atoms with Gasteiger partial charge in [0, 0.05) is 11.6 Å². The van der Waals surface area contributed by atoms with Crippen LogP contribution in [0.25, 0.3) is 0 Å². The summed E-state index contributed by atoms with van der Waals surface area (Å²) in [6.07, 6.45) is 4.04. The van der Waals surface area contributed by atoms with Crippen LogP contribution < -0.4 is 5.32 Å². The van der Waals surface area contributed by atoms with E-state index in [1.807, 2.05) is 0 Å². The Morgan fingerprint density at radius 3 is 2.44 bits per heavy atom. The molecule has 1 nitrogen and oxygen atoms in total. The van der Waals surface area contributed by atoms with Crippen molar-refractivity contribution in [1.29, 1.82) is 0 Å². The van der Waals surface area contributed by atoms with Crippen molar-refractivity contribution >= 4 is 0 Å². The van der Waals surface area contributed by atoms with E-state index in [1.165, 1.54) is 19.3 Å². The number of unbranched alkanes of at least 4 members (excludes halogenated alkanes) is 1. The van der Waals surface area contributed by atoms with Gasteiger partial charge in [-0.05, 0) is 20.3 Å². The van der Waals surface area contributed by atoms with Crippen LogP contribution in [0.1, 0.15) is 40.0 Å². The average Bonchev–Trinajstić information content (AvgIpc) is 2.38. The average molecular weight is 127 g/mol. The van der Waals surface area contributed by atoms with Gasteiger partial charge in [-0.15, -0.1) is 0 Å². The van der Waals surface area contributed by atoms with Crippen molar-refractivity contribution in [1.82, 2.24) is 5.32 Å². The first-order chi connectivity index (χ1) is 4.19. The highest BCUT2D eigenvalue weighted by molar-refractivity contribution is 5.07. The quantitative estimate of drug-likeness (QED) is 0.575. The smallest absolute Gasteiger partial charge is 0.0307 e. The van der Waals surface area contributed by atoms with Crippen LogP contribution in [-0.4, -0.2) is 11.6 Å². The van der Waals surface area contributed by atoms with Crippen LogP contribution in [0.2, 0.25) is 0 Å². The summed E-state index contributed by atoms with van der Waals surface area (Å²) in [5, 5.41) is 3.44. The van der Waals surface area contributed by atoms with Crippen molar-refractivity contribution in [3.05, 3.63) is 0 Å². The lowest BCUT2D eigenvalue weighted by atomic mass is 10.0. The van der Waals surface area contributed by atoms with Gasteiger partial charge in [0.2, 0.25) is 0 Å². The summed E-state index contributed by atoms with van der Waals surface area (Å²) in [6.45, 7) is 6.82. The van der Waals surface area contributed by atoms with Crippen LogP contribution in [-0.2, 0) is 0 Å². The van der Waals surface area contributed by atoms with Gasteiger partial charge in [0.25, 0.3) is 0 Å². The molecule has 0 aromatic carbocycles. The van der Waals surface area contributed by atoms with Gasteiger partial charge in [0.1, 0.15) is 0 Å². The normalized spacial score (nSPS) is 41.0. The van der Waals surface area contributed by atoms with Gasteiger partial charge in [-0.2, -0.15) is 0 Å². The Bertz CT molecular complexity index is 101. The van der Waals surface area contributed by atoms with E-state index in [1.54, 1.807) is 0 Å². The van der Waals surface area contributed by atoms with Crippen LogP contribution in [0.15, 0.2) is 0 Å². The molecule has 0 bridgehead atoms. The number of hydrogen-bond donors (Lipinski definition) is 1. The van der Waals surface area contributed by atoms with Gasteiger partial charge in [0.15, 0.2) is 0 Å². The zero-order valence-electron chi connectivity index (χ0n) is 6.70. The van der Waals surface area contributed by atoms with Gasteiger partial charge >= 0.3 is 0 Å². The summed E-state index contributed by atoms with van der Waals surface area (Å²) >= 11 is 0. The number of hydrogen-bond acceptors (Lipinski definition) is 1. The molecule has 0 spiro atoms. The molecule has 0 aromatic rings. The van der Waals surface area contributed by atoms with Crippen LogP contribution in [0.4, 0.5) is 0 Å². The van der Waals surface area contributed by atoms with Crippen LogP contribution in [0.5, 0.6) is 0 Å². The fourth-order valence-corrected chi connectivity index (χ4v) is 1.29. The molecule has 1 N–H and O–H groups in total. The van der Waals surface area contributed by atoms with Crippen molar-refractivity contribution in [2.45, 2.75) is 51.6 Å². The largest absolute Gasteiger partial charge is 0.306 e. The molecule has 1 fully saturated rings. The predicted molar refractivity (Wildman–Crippen MR) is 40.5 cm³/mol. The molecule has 1 rings (SSSR count). The summed E-state index contributed by atoms with van der Waals surface area (Å²) in [5.41, 5.74) is 0.510. The third-order valence-corrected chi connectivity index (χ3v) is 2.47. The molecular formula is C8H17N. The second-order valence-electron chi connectivity index (χ2n) is 3.39. The molecule has 1 heterocycles. The summed E-state index contributed by atoms with van der Waals surface area (Å²) in [4.78, 5) is 0. The minimum Gasteiger partial charge on any atom is -0.306 e.